The van der Waals surface area contributed by atoms with Gasteiger partial charge in [0.1, 0.15) is 12.4 Å². The molecule has 0 atom stereocenters. The molecule has 0 saturated heterocycles. The van der Waals surface area contributed by atoms with Crippen LogP contribution in [-0.2, 0) is 4.79 Å². The quantitative estimate of drug-likeness (QED) is 0.823. The second-order valence-corrected chi connectivity index (χ2v) is 5.60. The zero-order valence-corrected chi connectivity index (χ0v) is 11.7. The summed E-state index contributed by atoms with van der Waals surface area (Å²) >= 11 is 0. The minimum Gasteiger partial charge on any atom is -0.486 e. The SMILES string of the molecule is O=C(COc1ccc2ccccc2c1)C1CCCCC1. The van der Waals surface area contributed by atoms with Crippen LogP contribution in [0.25, 0.3) is 10.8 Å². The molecule has 104 valence electrons. The van der Waals surface area contributed by atoms with Crippen LogP contribution in [-0.4, -0.2) is 12.4 Å². The topological polar surface area (TPSA) is 26.3 Å². The maximum absolute atomic E-state index is 12.1. The van der Waals surface area contributed by atoms with Gasteiger partial charge in [-0.05, 0) is 35.7 Å². The lowest BCUT2D eigenvalue weighted by atomic mass is 9.86. The molecule has 0 amide bonds. The van der Waals surface area contributed by atoms with E-state index < -0.39 is 0 Å². The average molecular weight is 268 g/mol. The van der Waals surface area contributed by atoms with Crippen LogP contribution < -0.4 is 4.74 Å². The number of hydrogen-bond donors (Lipinski definition) is 0. The van der Waals surface area contributed by atoms with Crippen LogP contribution in [0.5, 0.6) is 5.75 Å². The van der Waals surface area contributed by atoms with E-state index >= 15 is 0 Å². The summed E-state index contributed by atoms with van der Waals surface area (Å²) in [5.41, 5.74) is 0. The molecule has 2 aromatic rings. The van der Waals surface area contributed by atoms with Gasteiger partial charge < -0.3 is 4.74 Å². The molecule has 0 spiro atoms. The van der Waals surface area contributed by atoms with Crippen molar-refractivity contribution in [1.82, 2.24) is 0 Å². The summed E-state index contributed by atoms with van der Waals surface area (Å²) < 4.78 is 5.68. The Bertz CT molecular complexity index is 597. The van der Waals surface area contributed by atoms with Gasteiger partial charge in [0.2, 0.25) is 0 Å². The Morgan fingerprint density at radius 3 is 2.55 bits per heavy atom. The predicted molar refractivity (Wildman–Crippen MR) is 81.0 cm³/mol. The van der Waals surface area contributed by atoms with Gasteiger partial charge >= 0.3 is 0 Å². The van der Waals surface area contributed by atoms with Gasteiger partial charge in [-0.3, -0.25) is 4.79 Å². The zero-order valence-electron chi connectivity index (χ0n) is 11.7. The highest BCUT2D eigenvalue weighted by atomic mass is 16.5. The summed E-state index contributed by atoms with van der Waals surface area (Å²) in [6.07, 6.45) is 5.73. The number of carbonyl (C=O) groups is 1. The lowest BCUT2D eigenvalue weighted by Crippen LogP contribution is -2.23. The van der Waals surface area contributed by atoms with Crippen LogP contribution in [0, 0.1) is 5.92 Å². The molecule has 0 unspecified atom stereocenters. The molecule has 2 aromatic carbocycles. The van der Waals surface area contributed by atoms with Gasteiger partial charge in [-0.1, -0.05) is 49.6 Å². The number of ketones is 1. The lowest BCUT2D eigenvalue weighted by Gasteiger charge is -2.20. The molecule has 0 N–H and O–H groups in total. The molecule has 0 radical (unpaired) electrons. The summed E-state index contributed by atoms with van der Waals surface area (Å²) in [6, 6.07) is 14.2. The molecule has 1 fully saturated rings. The molecule has 2 nitrogen and oxygen atoms in total. The molecule has 1 aliphatic rings. The number of benzene rings is 2. The first-order chi connectivity index (χ1) is 9.83. The Labute approximate surface area is 119 Å². The minimum absolute atomic E-state index is 0.211. The van der Waals surface area contributed by atoms with Crippen molar-refractivity contribution in [2.24, 2.45) is 5.92 Å². The van der Waals surface area contributed by atoms with Gasteiger partial charge in [-0.15, -0.1) is 0 Å². The fourth-order valence-corrected chi connectivity index (χ4v) is 2.95. The smallest absolute Gasteiger partial charge is 0.173 e. The van der Waals surface area contributed by atoms with Crippen molar-refractivity contribution in [2.75, 3.05) is 6.61 Å². The molecule has 0 heterocycles. The van der Waals surface area contributed by atoms with Gasteiger partial charge in [0.15, 0.2) is 5.78 Å². The van der Waals surface area contributed by atoms with Crippen LogP contribution >= 0.6 is 0 Å². The van der Waals surface area contributed by atoms with Gasteiger partial charge in [-0.2, -0.15) is 0 Å². The van der Waals surface area contributed by atoms with E-state index in [4.69, 9.17) is 4.74 Å². The highest BCUT2D eigenvalue weighted by molar-refractivity contribution is 5.84. The molecule has 0 aliphatic heterocycles. The Morgan fingerprint density at radius 2 is 1.75 bits per heavy atom. The van der Waals surface area contributed by atoms with Crippen molar-refractivity contribution in [3.05, 3.63) is 42.5 Å². The number of hydrogen-bond acceptors (Lipinski definition) is 2. The van der Waals surface area contributed by atoms with Crippen LogP contribution in [0.2, 0.25) is 0 Å². The van der Waals surface area contributed by atoms with Crippen LogP contribution in [0.4, 0.5) is 0 Å². The molecule has 2 heteroatoms. The Morgan fingerprint density at radius 1 is 1.00 bits per heavy atom. The van der Waals surface area contributed by atoms with Gasteiger partial charge in [0, 0.05) is 5.92 Å². The predicted octanol–water partition coefficient (Wildman–Crippen LogP) is 4.37. The lowest BCUT2D eigenvalue weighted by molar-refractivity contribution is -0.125. The Balaban J connectivity index is 1.62. The van der Waals surface area contributed by atoms with Crippen molar-refractivity contribution in [3.8, 4) is 5.75 Å². The minimum atomic E-state index is 0.211. The highest BCUT2D eigenvalue weighted by Gasteiger charge is 2.21. The average Bonchev–Trinajstić information content (AvgIpc) is 2.53. The first kappa shape index (κ1) is 13.2. The van der Waals surface area contributed by atoms with E-state index in [1.807, 2.05) is 30.3 Å². The first-order valence-electron chi connectivity index (χ1n) is 7.47. The van der Waals surface area contributed by atoms with E-state index in [1.54, 1.807) is 0 Å². The molecule has 0 aromatic heterocycles. The van der Waals surface area contributed by atoms with Gasteiger partial charge in [0.25, 0.3) is 0 Å². The zero-order chi connectivity index (χ0) is 13.8. The fraction of sp³-hybridized carbons (Fsp3) is 0.389. The summed E-state index contributed by atoms with van der Waals surface area (Å²) in [6.45, 7) is 0.211. The summed E-state index contributed by atoms with van der Waals surface area (Å²) in [5.74, 6) is 1.27. The third kappa shape index (κ3) is 3.01. The third-order valence-electron chi connectivity index (χ3n) is 4.16. The third-order valence-corrected chi connectivity index (χ3v) is 4.16. The molecular formula is C18H20O2. The normalized spacial score (nSPS) is 16.2. The first-order valence-corrected chi connectivity index (χ1v) is 7.47. The largest absolute Gasteiger partial charge is 0.486 e. The van der Waals surface area contributed by atoms with Crippen molar-refractivity contribution >= 4 is 16.6 Å². The Hall–Kier alpha value is -1.83. The van der Waals surface area contributed by atoms with Gasteiger partial charge in [0.05, 0.1) is 0 Å². The molecule has 1 saturated carbocycles. The van der Waals surface area contributed by atoms with Crippen molar-refractivity contribution in [1.29, 1.82) is 0 Å². The standard InChI is InChI=1S/C18H20O2/c19-18(15-7-2-1-3-8-15)13-20-17-11-10-14-6-4-5-9-16(14)12-17/h4-6,9-12,15H,1-3,7-8,13H2. The summed E-state index contributed by atoms with van der Waals surface area (Å²) in [4.78, 5) is 12.1. The molecule has 3 rings (SSSR count). The van der Waals surface area contributed by atoms with Crippen molar-refractivity contribution in [3.63, 3.8) is 0 Å². The number of fused-ring (bicyclic) bond motifs is 1. The maximum Gasteiger partial charge on any atom is 0.173 e. The van der Waals surface area contributed by atoms with Crippen LogP contribution in [0.1, 0.15) is 32.1 Å². The number of ether oxygens (including phenoxy) is 1. The van der Waals surface area contributed by atoms with E-state index in [2.05, 4.69) is 12.1 Å². The monoisotopic (exact) mass is 268 g/mol. The van der Waals surface area contributed by atoms with E-state index in [0.29, 0.717) is 0 Å². The van der Waals surface area contributed by atoms with Crippen molar-refractivity contribution in [2.45, 2.75) is 32.1 Å². The second-order valence-electron chi connectivity index (χ2n) is 5.60. The number of rotatable bonds is 4. The van der Waals surface area contributed by atoms with Crippen LogP contribution in [0.3, 0.4) is 0 Å². The molecule has 20 heavy (non-hydrogen) atoms. The number of carbonyl (C=O) groups excluding carboxylic acids is 1. The van der Waals surface area contributed by atoms with E-state index in [-0.39, 0.29) is 18.3 Å². The van der Waals surface area contributed by atoms with Gasteiger partial charge in [-0.25, -0.2) is 0 Å². The van der Waals surface area contributed by atoms with E-state index in [0.717, 1.165) is 24.0 Å². The van der Waals surface area contributed by atoms with E-state index in [1.165, 1.54) is 24.6 Å². The number of Topliss-reactive ketones (excluding diaryl/α,β-unsaturated/α-hetero) is 1. The summed E-state index contributed by atoms with van der Waals surface area (Å²) in [5, 5.41) is 2.34. The summed E-state index contributed by atoms with van der Waals surface area (Å²) in [7, 11) is 0. The molecule has 0 bridgehead atoms. The second kappa shape index (κ2) is 6.08. The Kier molecular flexibility index (Phi) is 4.00. The highest BCUT2D eigenvalue weighted by Crippen LogP contribution is 2.25. The molecule has 1 aliphatic carbocycles. The van der Waals surface area contributed by atoms with E-state index in [9.17, 15) is 4.79 Å². The fourth-order valence-electron chi connectivity index (χ4n) is 2.95. The molecular weight excluding hydrogens is 248 g/mol. The van der Waals surface area contributed by atoms with Crippen molar-refractivity contribution < 1.29 is 9.53 Å². The maximum atomic E-state index is 12.1. The van der Waals surface area contributed by atoms with Crippen LogP contribution in [0.15, 0.2) is 42.5 Å².